The minimum Gasteiger partial charge on any atom is -0.389 e. The van der Waals surface area contributed by atoms with Gasteiger partial charge in [0.1, 0.15) is 6.10 Å². The van der Waals surface area contributed by atoms with E-state index in [9.17, 15) is 24.1 Å². The van der Waals surface area contributed by atoms with E-state index in [0.29, 0.717) is 6.54 Å². The molecule has 3 N–H and O–H groups in total. The van der Waals surface area contributed by atoms with Crippen LogP contribution in [0.5, 0.6) is 0 Å². The lowest BCUT2D eigenvalue weighted by Gasteiger charge is -2.36. The molecule has 0 aliphatic carbocycles. The molecule has 1 heterocycles. The maximum absolute atomic E-state index is 13.4. The van der Waals surface area contributed by atoms with Crippen molar-refractivity contribution in [3.8, 4) is 0 Å². The summed E-state index contributed by atoms with van der Waals surface area (Å²) in [5, 5.41) is 28.5. The number of piperidine rings is 1. The molecule has 4 nitrogen and oxygen atoms in total. The summed E-state index contributed by atoms with van der Waals surface area (Å²) in [5.74, 6) is -1.74. The van der Waals surface area contributed by atoms with Crippen molar-refractivity contribution in [2.45, 2.75) is 24.7 Å². The molecule has 1 aliphatic heterocycles. The summed E-state index contributed by atoms with van der Waals surface area (Å²) in [6, 6.07) is 4.01. The highest BCUT2D eigenvalue weighted by Crippen LogP contribution is 2.15. The van der Waals surface area contributed by atoms with Crippen LogP contribution in [-0.2, 0) is 6.42 Å². The molecule has 0 bridgehead atoms. The average Bonchev–Trinajstić information content (AvgIpc) is 2.37. The quantitative estimate of drug-likeness (QED) is 0.720. The van der Waals surface area contributed by atoms with Crippen LogP contribution in [0.25, 0.3) is 0 Å². The molecular formula is C13H17F2NO3. The smallest absolute Gasteiger partial charge is 0.162 e. The zero-order valence-corrected chi connectivity index (χ0v) is 10.3. The van der Waals surface area contributed by atoms with E-state index in [1.807, 2.05) is 0 Å². The first kappa shape index (κ1) is 14.3. The lowest BCUT2D eigenvalue weighted by Crippen LogP contribution is -2.55. The van der Waals surface area contributed by atoms with Gasteiger partial charge in [-0.2, -0.15) is 0 Å². The Kier molecular flexibility index (Phi) is 4.46. The SMILES string of the molecule is OC1CN(CCc2cccc(F)c2F)CC(O)C1O. The van der Waals surface area contributed by atoms with Crippen molar-refractivity contribution < 1.29 is 24.1 Å². The number of hydrogen-bond donors (Lipinski definition) is 3. The molecule has 0 saturated carbocycles. The van der Waals surface area contributed by atoms with Crippen molar-refractivity contribution in [2.24, 2.45) is 0 Å². The highest BCUT2D eigenvalue weighted by Gasteiger charge is 2.33. The van der Waals surface area contributed by atoms with Crippen LogP contribution in [0.3, 0.4) is 0 Å². The van der Waals surface area contributed by atoms with Gasteiger partial charge < -0.3 is 15.3 Å². The third kappa shape index (κ3) is 3.27. The zero-order valence-electron chi connectivity index (χ0n) is 10.3. The van der Waals surface area contributed by atoms with Crippen LogP contribution in [0.1, 0.15) is 5.56 Å². The lowest BCUT2D eigenvalue weighted by atomic mass is 10.0. The fraction of sp³-hybridized carbons (Fsp3) is 0.538. The molecule has 1 aliphatic rings. The van der Waals surface area contributed by atoms with Crippen molar-refractivity contribution in [1.29, 1.82) is 0 Å². The van der Waals surface area contributed by atoms with Crippen molar-refractivity contribution in [2.75, 3.05) is 19.6 Å². The Morgan fingerprint density at radius 1 is 1.11 bits per heavy atom. The van der Waals surface area contributed by atoms with Crippen LogP contribution in [-0.4, -0.2) is 58.2 Å². The summed E-state index contributed by atoms with van der Waals surface area (Å²) >= 11 is 0. The average molecular weight is 273 g/mol. The predicted molar refractivity (Wildman–Crippen MR) is 64.5 cm³/mol. The van der Waals surface area contributed by atoms with Gasteiger partial charge in [-0.05, 0) is 18.1 Å². The van der Waals surface area contributed by atoms with Gasteiger partial charge in [-0.15, -0.1) is 0 Å². The maximum atomic E-state index is 13.4. The van der Waals surface area contributed by atoms with Crippen molar-refractivity contribution >= 4 is 0 Å². The van der Waals surface area contributed by atoms with E-state index < -0.39 is 29.9 Å². The number of hydrogen-bond acceptors (Lipinski definition) is 4. The first-order valence-corrected chi connectivity index (χ1v) is 6.18. The van der Waals surface area contributed by atoms with Crippen LogP contribution in [0, 0.1) is 11.6 Å². The Bertz CT molecular complexity index is 432. The largest absolute Gasteiger partial charge is 0.389 e. The summed E-state index contributed by atoms with van der Waals surface area (Å²) in [5.41, 5.74) is 0.259. The van der Waals surface area contributed by atoms with Crippen LogP contribution in [0.2, 0.25) is 0 Å². The van der Waals surface area contributed by atoms with Crippen LogP contribution < -0.4 is 0 Å². The Labute approximate surface area is 109 Å². The first-order chi connectivity index (χ1) is 8.99. The maximum Gasteiger partial charge on any atom is 0.162 e. The third-order valence-corrected chi connectivity index (χ3v) is 3.41. The van der Waals surface area contributed by atoms with Gasteiger partial charge in [0, 0.05) is 19.6 Å². The number of likely N-dealkylation sites (tertiary alicyclic amines) is 1. The lowest BCUT2D eigenvalue weighted by molar-refractivity contribution is -0.109. The molecule has 0 radical (unpaired) electrons. The zero-order chi connectivity index (χ0) is 14.0. The number of nitrogens with zero attached hydrogens (tertiary/aromatic N) is 1. The summed E-state index contributed by atoms with van der Waals surface area (Å²) < 4.78 is 26.5. The van der Waals surface area contributed by atoms with Gasteiger partial charge in [0.05, 0.1) is 12.2 Å². The molecule has 0 aromatic heterocycles. The summed E-state index contributed by atoms with van der Waals surface area (Å²) in [4.78, 5) is 1.71. The number of aliphatic hydroxyl groups excluding tert-OH is 3. The highest BCUT2D eigenvalue weighted by molar-refractivity contribution is 5.19. The van der Waals surface area contributed by atoms with Gasteiger partial charge >= 0.3 is 0 Å². The first-order valence-electron chi connectivity index (χ1n) is 6.18. The highest BCUT2D eigenvalue weighted by atomic mass is 19.2. The molecule has 2 atom stereocenters. The fourth-order valence-electron chi connectivity index (χ4n) is 2.28. The molecular weight excluding hydrogens is 256 g/mol. The van der Waals surface area contributed by atoms with E-state index in [2.05, 4.69) is 0 Å². The molecule has 2 unspecified atom stereocenters. The second-order valence-electron chi connectivity index (χ2n) is 4.85. The fourth-order valence-corrected chi connectivity index (χ4v) is 2.28. The summed E-state index contributed by atoms with van der Waals surface area (Å²) in [6.45, 7) is 0.783. The van der Waals surface area contributed by atoms with Gasteiger partial charge in [0.2, 0.25) is 0 Å². The number of rotatable bonds is 3. The Balaban J connectivity index is 1.94. The van der Waals surface area contributed by atoms with Gasteiger partial charge in [-0.25, -0.2) is 8.78 Å². The minimum atomic E-state index is -1.15. The third-order valence-electron chi connectivity index (χ3n) is 3.41. The van der Waals surface area contributed by atoms with E-state index in [1.54, 1.807) is 4.90 Å². The second kappa shape index (κ2) is 5.92. The molecule has 1 saturated heterocycles. The Morgan fingerprint density at radius 2 is 1.74 bits per heavy atom. The number of aliphatic hydroxyl groups is 3. The van der Waals surface area contributed by atoms with E-state index in [1.165, 1.54) is 12.1 Å². The molecule has 19 heavy (non-hydrogen) atoms. The van der Waals surface area contributed by atoms with Crippen molar-refractivity contribution in [1.82, 2.24) is 4.90 Å². The number of β-amino-alcohol motifs (C(OH)–C–C–N with tert-alkyl or cyclic N) is 2. The van der Waals surface area contributed by atoms with E-state index >= 15 is 0 Å². The van der Waals surface area contributed by atoms with E-state index in [0.717, 1.165) is 6.07 Å². The van der Waals surface area contributed by atoms with Crippen molar-refractivity contribution in [3.63, 3.8) is 0 Å². The topological polar surface area (TPSA) is 63.9 Å². The van der Waals surface area contributed by atoms with E-state index in [-0.39, 0.29) is 25.1 Å². The summed E-state index contributed by atoms with van der Waals surface area (Å²) in [7, 11) is 0. The predicted octanol–water partition coefficient (Wildman–Crippen LogP) is -0.0944. The molecule has 106 valence electrons. The van der Waals surface area contributed by atoms with Gasteiger partial charge in [-0.3, -0.25) is 4.90 Å². The van der Waals surface area contributed by atoms with Crippen LogP contribution in [0.15, 0.2) is 18.2 Å². The molecule has 1 aromatic carbocycles. The monoisotopic (exact) mass is 273 g/mol. The van der Waals surface area contributed by atoms with Gasteiger partial charge in [-0.1, -0.05) is 12.1 Å². The Morgan fingerprint density at radius 3 is 2.37 bits per heavy atom. The number of benzene rings is 1. The molecule has 6 heteroatoms. The van der Waals surface area contributed by atoms with E-state index in [4.69, 9.17) is 0 Å². The van der Waals surface area contributed by atoms with Gasteiger partial charge in [0.25, 0.3) is 0 Å². The van der Waals surface area contributed by atoms with Crippen molar-refractivity contribution in [3.05, 3.63) is 35.4 Å². The molecule has 0 spiro atoms. The minimum absolute atomic E-state index is 0.204. The Hall–Kier alpha value is -1.08. The van der Waals surface area contributed by atoms with Gasteiger partial charge in [0.15, 0.2) is 11.6 Å². The molecule has 1 fully saturated rings. The summed E-state index contributed by atoms with van der Waals surface area (Å²) in [6.07, 6.45) is -2.93. The second-order valence-corrected chi connectivity index (χ2v) is 4.85. The van der Waals surface area contributed by atoms with Crippen LogP contribution in [0.4, 0.5) is 8.78 Å². The van der Waals surface area contributed by atoms with Crippen LogP contribution >= 0.6 is 0 Å². The molecule has 1 aromatic rings. The standard InChI is InChI=1S/C13H17F2NO3/c14-9-3-1-2-8(12(9)15)4-5-16-6-10(17)13(19)11(18)7-16/h1-3,10-11,13,17-19H,4-7H2. The normalized spacial score (nSPS) is 28.6. The molecule has 2 rings (SSSR count). The number of halogens is 2. The molecule has 0 amide bonds.